The second-order valence-electron chi connectivity index (χ2n) is 12.7. The van der Waals surface area contributed by atoms with E-state index in [9.17, 15) is 4.79 Å². The molecule has 10 heteroatoms. The molecule has 0 aliphatic carbocycles. The third-order valence-electron chi connectivity index (χ3n) is 7.87. The Morgan fingerprint density at radius 2 is 1.57 bits per heavy atom. The number of benzene rings is 3. The molecule has 5 aromatic rings. The first-order valence-corrected chi connectivity index (χ1v) is 15.8. The molecule has 0 N–H and O–H groups in total. The van der Waals surface area contributed by atoms with E-state index < -0.39 is 11.4 Å². The first kappa shape index (κ1) is 31.8. The number of hydrogen-bond donors (Lipinski definition) is 0. The number of pyridine rings is 1. The number of amides is 1. The van der Waals surface area contributed by atoms with Gasteiger partial charge in [-0.25, -0.2) is 9.18 Å². The minimum Gasteiger partial charge on any atom is -0.490 e. The van der Waals surface area contributed by atoms with E-state index in [0.29, 0.717) is 47.7 Å². The highest BCUT2D eigenvalue weighted by Gasteiger charge is 2.31. The van der Waals surface area contributed by atoms with Gasteiger partial charge >= 0.3 is 6.09 Å². The van der Waals surface area contributed by atoms with Gasteiger partial charge in [0.2, 0.25) is 11.8 Å². The predicted molar refractivity (Wildman–Crippen MR) is 177 cm³/mol. The zero-order valence-corrected chi connectivity index (χ0v) is 27.1. The molecule has 1 aliphatic heterocycles. The van der Waals surface area contributed by atoms with E-state index in [1.165, 1.54) is 0 Å². The molecule has 0 radical (unpaired) electrons. The summed E-state index contributed by atoms with van der Waals surface area (Å²) in [7, 11) is 1.77. The van der Waals surface area contributed by atoms with Crippen LogP contribution in [-0.2, 0) is 25.0 Å². The SMILES string of the molecule is Cn1nc(-c2ccc(OCc3ccccc3)nc2OCc2ccccc2)c2c(F)c(OC[C@@H]3CCN(C(=O)OC(C)(C)C)C3)ccc21. The van der Waals surface area contributed by atoms with E-state index in [1.807, 2.05) is 81.4 Å². The Morgan fingerprint density at radius 1 is 0.894 bits per heavy atom. The molecule has 0 bridgehead atoms. The molecular formula is C37H39FN4O5. The standard InChI is InChI=1S/C37H39FN4O5/c1-37(2,3)47-36(43)42-20-19-27(21-42)24-44-30-17-16-29-32(33(30)38)34(40-41(29)4)28-15-18-31(45-22-25-11-7-5-8-12-25)39-35(28)46-23-26-13-9-6-10-14-26/h5-18,27H,19-24H2,1-4H3/t27-/m1/s1. The Morgan fingerprint density at radius 3 is 2.26 bits per heavy atom. The van der Waals surface area contributed by atoms with Crippen LogP contribution in [0.3, 0.4) is 0 Å². The summed E-state index contributed by atoms with van der Waals surface area (Å²) in [5, 5.41) is 5.00. The molecule has 2 aromatic heterocycles. The maximum atomic E-state index is 16.3. The number of fused-ring (bicyclic) bond motifs is 1. The molecule has 1 saturated heterocycles. The second kappa shape index (κ2) is 13.7. The molecule has 6 rings (SSSR count). The van der Waals surface area contributed by atoms with E-state index >= 15 is 4.39 Å². The van der Waals surface area contributed by atoms with Crippen molar-refractivity contribution in [3.05, 3.63) is 102 Å². The number of likely N-dealkylation sites (tertiary alicyclic amines) is 1. The number of carbonyl (C=O) groups is 1. The number of aromatic nitrogens is 3. The quantitative estimate of drug-likeness (QED) is 0.156. The van der Waals surface area contributed by atoms with Gasteiger partial charge in [-0.1, -0.05) is 60.7 Å². The van der Waals surface area contributed by atoms with Crippen LogP contribution in [-0.4, -0.2) is 51.1 Å². The molecule has 1 fully saturated rings. The van der Waals surface area contributed by atoms with Gasteiger partial charge in [-0.05, 0) is 56.5 Å². The summed E-state index contributed by atoms with van der Waals surface area (Å²) < 4.78 is 41.7. The van der Waals surface area contributed by atoms with Crippen LogP contribution in [0.1, 0.15) is 38.3 Å². The Labute approximate surface area is 273 Å². The lowest BCUT2D eigenvalue weighted by Crippen LogP contribution is -2.35. The van der Waals surface area contributed by atoms with Crippen molar-refractivity contribution in [3.8, 4) is 28.8 Å². The van der Waals surface area contributed by atoms with Gasteiger partial charge in [-0.2, -0.15) is 10.1 Å². The van der Waals surface area contributed by atoms with Crippen LogP contribution in [0.25, 0.3) is 22.2 Å². The van der Waals surface area contributed by atoms with Crippen molar-refractivity contribution in [1.29, 1.82) is 0 Å². The van der Waals surface area contributed by atoms with E-state index in [2.05, 4.69) is 4.98 Å². The maximum absolute atomic E-state index is 16.3. The molecule has 3 aromatic carbocycles. The molecule has 9 nitrogen and oxygen atoms in total. The van der Waals surface area contributed by atoms with Crippen LogP contribution in [0, 0.1) is 11.7 Å². The van der Waals surface area contributed by atoms with Crippen LogP contribution >= 0.6 is 0 Å². The van der Waals surface area contributed by atoms with Crippen molar-refractivity contribution in [2.24, 2.45) is 13.0 Å². The lowest BCUT2D eigenvalue weighted by atomic mass is 10.1. The maximum Gasteiger partial charge on any atom is 0.410 e. The fraction of sp³-hybridized carbons (Fsp3) is 0.324. The van der Waals surface area contributed by atoms with Crippen molar-refractivity contribution < 1.29 is 28.1 Å². The summed E-state index contributed by atoms with van der Waals surface area (Å²) in [5.74, 6) is 0.299. The van der Waals surface area contributed by atoms with E-state index in [1.54, 1.807) is 40.9 Å². The Balaban J connectivity index is 1.25. The van der Waals surface area contributed by atoms with Crippen molar-refractivity contribution >= 4 is 17.0 Å². The topological polar surface area (TPSA) is 87.9 Å². The van der Waals surface area contributed by atoms with Crippen molar-refractivity contribution in [1.82, 2.24) is 19.7 Å². The number of nitrogens with zero attached hydrogens (tertiary/aromatic N) is 4. The van der Waals surface area contributed by atoms with Crippen LogP contribution in [0.5, 0.6) is 17.5 Å². The molecule has 1 atom stereocenters. The highest BCUT2D eigenvalue weighted by Crippen LogP contribution is 2.39. The Hall–Kier alpha value is -5.12. The summed E-state index contributed by atoms with van der Waals surface area (Å²) in [6.45, 7) is 7.44. The summed E-state index contributed by atoms with van der Waals surface area (Å²) in [6, 6.07) is 26.5. The summed E-state index contributed by atoms with van der Waals surface area (Å²) in [4.78, 5) is 18.9. The van der Waals surface area contributed by atoms with Crippen molar-refractivity contribution in [2.45, 2.75) is 46.0 Å². The molecule has 0 unspecified atom stereocenters. The van der Waals surface area contributed by atoms with Gasteiger partial charge in [0.25, 0.3) is 0 Å². The molecule has 3 heterocycles. The van der Waals surface area contributed by atoms with Gasteiger partial charge in [0.05, 0.1) is 23.1 Å². The smallest absolute Gasteiger partial charge is 0.410 e. The zero-order valence-electron chi connectivity index (χ0n) is 27.1. The van der Waals surface area contributed by atoms with E-state index in [0.717, 1.165) is 17.5 Å². The van der Waals surface area contributed by atoms with Crippen molar-refractivity contribution in [2.75, 3.05) is 19.7 Å². The number of carbonyl (C=O) groups excluding carboxylic acids is 1. The third-order valence-corrected chi connectivity index (χ3v) is 7.87. The average Bonchev–Trinajstić information content (AvgIpc) is 3.68. The molecular weight excluding hydrogens is 599 g/mol. The number of ether oxygens (including phenoxy) is 4. The van der Waals surface area contributed by atoms with Crippen LogP contribution < -0.4 is 14.2 Å². The largest absolute Gasteiger partial charge is 0.490 e. The fourth-order valence-corrected chi connectivity index (χ4v) is 5.52. The summed E-state index contributed by atoms with van der Waals surface area (Å²) in [6.07, 6.45) is 0.399. The van der Waals surface area contributed by atoms with Crippen molar-refractivity contribution in [3.63, 3.8) is 0 Å². The summed E-state index contributed by atoms with van der Waals surface area (Å²) in [5.41, 5.74) is 2.90. The van der Waals surface area contributed by atoms with Gasteiger partial charge in [0.15, 0.2) is 11.6 Å². The third kappa shape index (κ3) is 7.65. The van der Waals surface area contributed by atoms with Crippen LogP contribution in [0.4, 0.5) is 9.18 Å². The lowest BCUT2D eigenvalue weighted by Gasteiger charge is -2.24. The Bertz CT molecular complexity index is 1840. The first-order chi connectivity index (χ1) is 22.6. The van der Waals surface area contributed by atoms with Gasteiger partial charge < -0.3 is 23.8 Å². The number of rotatable bonds is 10. The van der Waals surface area contributed by atoms with Gasteiger partial charge in [-0.3, -0.25) is 4.68 Å². The van der Waals surface area contributed by atoms with Gasteiger partial charge in [0.1, 0.15) is 24.5 Å². The molecule has 0 saturated carbocycles. The normalized spacial score (nSPS) is 14.7. The zero-order chi connectivity index (χ0) is 33.0. The number of hydrogen-bond acceptors (Lipinski definition) is 7. The molecule has 0 spiro atoms. The molecule has 47 heavy (non-hydrogen) atoms. The molecule has 1 aliphatic rings. The van der Waals surface area contributed by atoms with Gasteiger partial charge in [-0.15, -0.1) is 0 Å². The highest BCUT2D eigenvalue weighted by atomic mass is 19.1. The molecule has 1 amide bonds. The van der Waals surface area contributed by atoms with E-state index in [4.69, 9.17) is 24.0 Å². The lowest BCUT2D eigenvalue weighted by molar-refractivity contribution is 0.0284. The Kier molecular flexibility index (Phi) is 9.29. The van der Waals surface area contributed by atoms with Gasteiger partial charge in [0, 0.05) is 32.1 Å². The number of halogens is 1. The second-order valence-corrected chi connectivity index (χ2v) is 12.7. The summed E-state index contributed by atoms with van der Waals surface area (Å²) >= 11 is 0. The van der Waals surface area contributed by atoms with Crippen LogP contribution in [0.15, 0.2) is 84.9 Å². The van der Waals surface area contributed by atoms with Crippen LogP contribution in [0.2, 0.25) is 0 Å². The fourth-order valence-electron chi connectivity index (χ4n) is 5.52. The predicted octanol–water partition coefficient (Wildman–Crippen LogP) is 7.57. The monoisotopic (exact) mass is 638 g/mol. The number of aryl methyl sites for hydroxylation is 1. The average molecular weight is 639 g/mol. The molecule has 244 valence electrons. The highest BCUT2D eigenvalue weighted by molar-refractivity contribution is 5.96. The van der Waals surface area contributed by atoms with E-state index in [-0.39, 0.29) is 36.9 Å². The minimum absolute atomic E-state index is 0.0524. The first-order valence-electron chi connectivity index (χ1n) is 15.8. The minimum atomic E-state index is -0.566.